The number of esters is 2. The Morgan fingerprint density at radius 2 is 1.41 bits per heavy atom. The lowest BCUT2D eigenvalue weighted by Gasteiger charge is -2.49. The van der Waals surface area contributed by atoms with Gasteiger partial charge in [0.1, 0.15) is 36.6 Å². The van der Waals surface area contributed by atoms with E-state index in [-0.39, 0.29) is 29.4 Å². The Bertz CT molecular complexity index is 1280. The highest BCUT2D eigenvalue weighted by atomic mass is 16.8. The molecule has 0 aromatic heterocycles. The van der Waals surface area contributed by atoms with Crippen LogP contribution < -0.4 is 0 Å². The quantitative estimate of drug-likeness (QED) is 0.465. The van der Waals surface area contributed by atoms with Crippen LogP contribution in [0.1, 0.15) is 65.6 Å². The minimum atomic E-state index is -0.823. The van der Waals surface area contributed by atoms with E-state index < -0.39 is 41.8 Å². The van der Waals surface area contributed by atoms with E-state index in [0.29, 0.717) is 12.2 Å². The van der Waals surface area contributed by atoms with Crippen molar-refractivity contribution in [2.24, 2.45) is 0 Å². The van der Waals surface area contributed by atoms with Gasteiger partial charge in [-0.3, -0.25) is 0 Å². The van der Waals surface area contributed by atoms with Gasteiger partial charge < -0.3 is 37.9 Å². The second kappa shape index (κ2) is 11.1. The van der Waals surface area contributed by atoms with Crippen molar-refractivity contribution in [3.63, 3.8) is 0 Å². The largest absolute Gasteiger partial charge is 0.465 e. The number of rotatable bonds is 6. The fourth-order valence-electron chi connectivity index (χ4n) is 5.94. The molecular formula is C31H38O10. The summed E-state index contributed by atoms with van der Waals surface area (Å²) < 4.78 is 47.3. The zero-order valence-corrected chi connectivity index (χ0v) is 24.7. The average Bonchev–Trinajstić information content (AvgIpc) is 3.28. The summed E-state index contributed by atoms with van der Waals surface area (Å²) in [7, 11) is 4.23. The van der Waals surface area contributed by atoms with E-state index in [1.807, 2.05) is 52.8 Å². The lowest BCUT2D eigenvalue weighted by Crippen LogP contribution is -2.64. The van der Waals surface area contributed by atoms with Crippen molar-refractivity contribution in [3.8, 4) is 11.1 Å². The number of hydrogen-bond donors (Lipinski definition) is 0. The Labute approximate surface area is 240 Å². The van der Waals surface area contributed by atoms with Gasteiger partial charge in [0.25, 0.3) is 0 Å². The average molecular weight is 571 g/mol. The van der Waals surface area contributed by atoms with Crippen molar-refractivity contribution in [2.75, 3.05) is 27.9 Å². The van der Waals surface area contributed by atoms with Crippen LogP contribution in [0.25, 0.3) is 11.1 Å². The third kappa shape index (κ3) is 5.77. The van der Waals surface area contributed by atoms with E-state index >= 15 is 0 Å². The maximum absolute atomic E-state index is 12.3. The Balaban J connectivity index is 1.48. The Hall–Kier alpha value is -2.86. The first-order valence-electron chi connectivity index (χ1n) is 13.6. The third-order valence-corrected chi connectivity index (χ3v) is 7.76. The predicted molar refractivity (Wildman–Crippen MR) is 146 cm³/mol. The molecule has 3 saturated heterocycles. The molecule has 0 amide bonds. The van der Waals surface area contributed by atoms with Crippen molar-refractivity contribution in [1.29, 1.82) is 0 Å². The van der Waals surface area contributed by atoms with Gasteiger partial charge in [-0.05, 0) is 75.1 Å². The number of methoxy groups -OCH3 is 3. The Morgan fingerprint density at radius 1 is 0.805 bits per heavy atom. The smallest absolute Gasteiger partial charge is 0.337 e. The molecule has 0 radical (unpaired) electrons. The first-order chi connectivity index (χ1) is 19.4. The van der Waals surface area contributed by atoms with Gasteiger partial charge >= 0.3 is 11.9 Å². The monoisotopic (exact) mass is 570 g/mol. The van der Waals surface area contributed by atoms with Crippen LogP contribution in [-0.4, -0.2) is 82.0 Å². The molecule has 10 heteroatoms. The van der Waals surface area contributed by atoms with Crippen molar-refractivity contribution in [3.05, 3.63) is 58.7 Å². The summed E-state index contributed by atoms with van der Waals surface area (Å²) in [6.45, 7) is 9.86. The normalized spacial score (nSPS) is 28.7. The summed E-state index contributed by atoms with van der Waals surface area (Å²) in [5, 5.41) is 0. The fraction of sp³-hybridized carbons (Fsp3) is 0.548. The molecule has 3 fully saturated rings. The van der Waals surface area contributed by atoms with Crippen molar-refractivity contribution in [1.82, 2.24) is 0 Å². The topological polar surface area (TPSA) is 108 Å². The van der Waals surface area contributed by atoms with Gasteiger partial charge in [-0.25, -0.2) is 9.59 Å². The van der Waals surface area contributed by atoms with Gasteiger partial charge in [-0.15, -0.1) is 0 Å². The molecule has 0 saturated carbocycles. The van der Waals surface area contributed by atoms with E-state index in [1.165, 1.54) is 20.3 Å². The van der Waals surface area contributed by atoms with Gasteiger partial charge in [-0.1, -0.05) is 18.2 Å². The summed E-state index contributed by atoms with van der Waals surface area (Å²) >= 11 is 0. The van der Waals surface area contributed by atoms with Gasteiger partial charge in [0, 0.05) is 7.11 Å². The van der Waals surface area contributed by atoms with Gasteiger partial charge in [0.2, 0.25) is 0 Å². The molecule has 0 aliphatic carbocycles. The Kier molecular flexibility index (Phi) is 8.01. The number of carbonyl (C=O) groups is 2. The third-order valence-electron chi connectivity index (χ3n) is 7.76. The maximum Gasteiger partial charge on any atom is 0.337 e. The molecule has 3 heterocycles. The van der Waals surface area contributed by atoms with Crippen LogP contribution in [0.15, 0.2) is 36.4 Å². The zero-order chi connectivity index (χ0) is 29.7. The van der Waals surface area contributed by atoms with E-state index in [0.717, 1.165) is 16.7 Å². The number of ether oxygens (including phenoxy) is 8. The minimum absolute atomic E-state index is 0.249. The molecule has 6 atom stereocenters. The molecule has 10 nitrogen and oxygen atoms in total. The first kappa shape index (κ1) is 29.6. The maximum atomic E-state index is 12.3. The van der Waals surface area contributed by atoms with Crippen LogP contribution >= 0.6 is 0 Å². The molecule has 2 aromatic carbocycles. The predicted octanol–water partition coefficient (Wildman–Crippen LogP) is 4.36. The lowest BCUT2D eigenvalue weighted by molar-refractivity contribution is -0.353. The number of carbonyl (C=O) groups excluding carboxylic acids is 2. The molecular weight excluding hydrogens is 532 g/mol. The second-order valence-corrected chi connectivity index (χ2v) is 11.5. The zero-order valence-electron chi connectivity index (χ0n) is 24.7. The van der Waals surface area contributed by atoms with Crippen LogP contribution in [0.2, 0.25) is 0 Å². The summed E-state index contributed by atoms with van der Waals surface area (Å²) in [4.78, 5) is 24.6. The number of aryl methyl sites for hydroxylation is 1. The molecule has 5 rings (SSSR count). The number of benzene rings is 2. The molecule has 2 aromatic rings. The van der Waals surface area contributed by atoms with Gasteiger partial charge in [-0.2, -0.15) is 0 Å². The van der Waals surface area contributed by atoms with Crippen molar-refractivity contribution in [2.45, 2.75) is 82.8 Å². The minimum Gasteiger partial charge on any atom is -0.465 e. The van der Waals surface area contributed by atoms with E-state index in [1.54, 1.807) is 19.2 Å². The molecule has 0 N–H and O–H groups in total. The Morgan fingerprint density at radius 3 is 2.00 bits per heavy atom. The van der Waals surface area contributed by atoms with E-state index in [4.69, 9.17) is 37.9 Å². The van der Waals surface area contributed by atoms with Crippen LogP contribution in [0.4, 0.5) is 0 Å². The van der Waals surface area contributed by atoms with Crippen molar-refractivity contribution >= 4 is 11.9 Å². The fourth-order valence-corrected chi connectivity index (χ4v) is 5.94. The molecule has 3 aliphatic heterocycles. The molecule has 0 spiro atoms. The molecule has 0 bridgehead atoms. The van der Waals surface area contributed by atoms with Crippen LogP contribution in [0.5, 0.6) is 0 Å². The van der Waals surface area contributed by atoms with Crippen molar-refractivity contribution < 1.29 is 47.5 Å². The lowest BCUT2D eigenvalue weighted by atomic mass is 9.87. The molecule has 222 valence electrons. The van der Waals surface area contributed by atoms with Crippen LogP contribution in [0.3, 0.4) is 0 Å². The highest BCUT2D eigenvalue weighted by molar-refractivity contribution is 5.97. The molecule has 2 unspecified atom stereocenters. The van der Waals surface area contributed by atoms with Crippen LogP contribution in [-0.2, 0) is 37.9 Å². The standard InChI is InChI=1S/C31H38O10/c1-16-11-17(18-12-19(28(32)35-7)14-20(13-18)29(33)36-8)9-10-21(16)23(34-6)25-27-26(40-31(4,5)41-27)24-22(38-25)15-37-30(2,3)39-24/h9-14,22-27H,15H2,1-8H3/t22-,23?,24-,25?,26+,27-/m1/s1. The van der Waals surface area contributed by atoms with Gasteiger partial charge in [0.15, 0.2) is 11.6 Å². The second-order valence-electron chi connectivity index (χ2n) is 11.5. The first-order valence-corrected chi connectivity index (χ1v) is 13.6. The van der Waals surface area contributed by atoms with E-state index in [9.17, 15) is 9.59 Å². The van der Waals surface area contributed by atoms with E-state index in [2.05, 4.69) is 0 Å². The summed E-state index contributed by atoms with van der Waals surface area (Å²) in [6, 6.07) is 10.7. The summed E-state index contributed by atoms with van der Waals surface area (Å²) in [5.41, 5.74) is 3.80. The van der Waals surface area contributed by atoms with Gasteiger partial charge in [0.05, 0.1) is 32.0 Å². The molecule has 3 aliphatic rings. The summed E-state index contributed by atoms with van der Waals surface area (Å²) in [6.07, 6.45) is -2.51. The van der Waals surface area contributed by atoms with Crippen LogP contribution in [0, 0.1) is 6.92 Å². The number of hydrogen-bond acceptors (Lipinski definition) is 10. The highest BCUT2D eigenvalue weighted by Crippen LogP contribution is 2.46. The number of fused-ring (bicyclic) bond motifs is 3. The highest BCUT2D eigenvalue weighted by Gasteiger charge is 2.60. The summed E-state index contributed by atoms with van der Waals surface area (Å²) in [5.74, 6) is -2.68. The SMILES string of the molecule is COC(=O)c1cc(C(=O)OC)cc(-c2ccc(C(OC)C3O[C@@H]4COC(C)(C)O[C@H]4[C@@H]4OC(C)(C)O[C@H]34)c(C)c2)c1. The molecule has 41 heavy (non-hydrogen) atoms.